The van der Waals surface area contributed by atoms with E-state index in [4.69, 9.17) is 0 Å². The van der Waals surface area contributed by atoms with Crippen LogP contribution in [0.4, 0.5) is 5.69 Å². The van der Waals surface area contributed by atoms with Gasteiger partial charge in [0.15, 0.2) is 0 Å². The van der Waals surface area contributed by atoms with Gasteiger partial charge in [0.2, 0.25) is 11.8 Å². The largest absolute Gasteiger partial charge is 0.351 e. The van der Waals surface area contributed by atoms with Gasteiger partial charge in [-0.25, -0.2) is 0 Å². The molecule has 0 heterocycles. The zero-order valence-corrected chi connectivity index (χ0v) is 12.3. The molecule has 0 atom stereocenters. The second-order valence-corrected chi connectivity index (χ2v) is 4.91. The molecule has 2 amide bonds. The summed E-state index contributed by atoms with van der Waals surface area (Å²) in [7, 11) is 0. The molecule has 0 saturated heterocycles. The average Bonchev–Trinajstić information content (AvgIpc) is 2.42. The molecule has 0 fully saturated rings. The Balaban J connectivity index is 3.00. The van der Waals surface area contributed by atoms with Gasteiger partial charge in [-0.15, -0.1) is 6.58 Å². The molecule has 0 saturated carbocycles. The lowest BCUT2D eigenvalue weighted by molar-refractivity contribution is -0.122. The second-order valence-electron chi connectivity index (χ2n) is 4.91. The number of amides is 2. The Morgan fingerprint density at radius 3 is 2.55 bits per heavy atom. The predicted molar refractivity (Wildman–Crippen MR) is 81.8 cm³/mol. The molecule has 1 aromatic carbocycles. The fraction of sp³-hybridized carbons (Fsp3) is 0.375. The van der Waals surface area contributed by atoms with Crippen molar-refractivity contribution >= 4 is 17.5 Å². The fourth-order valence-electron chi connectivity index (χ4n) is 1.97. The number of carbonyl (C=O) groups excluding carboxylic acids is 2. The number of hydrogen-bond donors (Lipinski definition) is 1. The average molecular weight is 274 g/mol. The molecule has 0 aliphatic carbocycles. The lowest BCUT2D eigenvalue weighted by Crippen LogP contribution is -2.40. The molecule has 0 aromatic heterocycles. The molecular formula is C16H22N2O2. The molecule has 20 heavy (non-hydrogen) atoms. The molecule has 0 unspecified atom stereocenters. The minimum atomic E-state index is -0.196. The molecule has 108 valence electrons. The standard InChI is InChI=1S/C16H22N2O2/c1-5-10-17-16(20)11-18(13(4)19)15-9-7-6-8-14(15)12(2)3/h5-9,12H,1,10-11H2,2-4H3,(H,17,20). The van der Waals surface area contributed by atoms with Gasteiger partial charge in [-0.2, -0.15) is 0 Å². The van der Waals surface area contributed by atoms with Crippen LogP contribution in [-0.4, -0.2) is 24.9 Å². The zero-order chi connectivity index (χ0) is 15.1. The Morgan fingerprint density at radius 1 is 1.35 bits per heavy atom. The molecule has 1 N–H and O–H groups in total. The van der Waals surface area contributed by atoms with Crippen LogP contribution in [0.2, 0.25) is 0 Å². The van der Waals surface area contributed by atoms with E-state index in [1.807, 2.05) is 24.3 Å². The number of anilines is 1. The Labute approximate surface area is 120 Å². The Kier molecular flexibility index (Phi) is 5.97. The van der Waals surface area contributed by atoms with E-state index in [1.165, 1.54) is 11.8 Å². The SMILES string of the molecule is C=CCNC(=O)CN(C(C)=O)c1ccccc1C(C)C. The van der Waals surface area contributed by atoms with Crippen molar-refractivity contribution in [3.8, 4) is 0 Å². The molecule has 4 heteroatoms. The number of carbonyl (C=O) groups is 2. The van der Waals surface area contributed by atoms with E-state index >= 15 is 0 Å². The van der Waals surface area contributed by atoms with Gasteiger partial charge in [-0.3, -0.25) is 9.59 Å². The van der Waals surface area contributed by atoms with Gasteiger partial charge in [-0.1, -0.05) is 38.1 Å². The summed E-state index contributed by atoms with van der Waals surface area (Å²) in [6.45, 7) is 9.57. The molecule has 1 aromatic rings. The number of nitrogens with zero attached hydrogens (tertiary/aromatic N) is 1. The highest BCUT2D eigenvalue weighted by atomic mass is 16.2. The van der Waals surface area contributed by atoms with Crippen molar-refractivity contribution in [1.29, 1.82) is 0 Å². The lowest BCUT2D eigenvalue weighted by Gasteiger charge is -2.24. The third-order valence-corrected chi connectivity index (χ3v) is 2.97. The van der Waals surface area contributed by atoms with Crippen molar-refractivity contribution in [3.63, 3.8) is 0 Å². The Hall–Kier alpha value is -2.10. The quantitative estimate of drug-likeness (QED) is 0.810. The highest BCUT2D eigenvalue weighted by Gasteiger charge is 2.19. The Bertz CT molecular complexity index is 495. The van der Waals surface area contributed by atoms with Crippen LogP contribution in [0, 0.1) is 0 Å². The van der Waals surface area contributed by atoms with Crippen molar-refractivity contribution in [2.24, 2.45) is 0 Å². The molecule has 0 radical (unpaired) electrons. The first kappa shape index (κ1) is 16.0. The van der Waals surface area contributed by atoms with E-state index in [1.54, 1.807) is 6.08 Å². The van der Waals surface area contributed by atoms with Crippen LogP contribution in [0.25, 0.3) is 0 Å². The molecule has 0 bridgehead atoms. The third kappa shape index (κ3) is 4.23. The molecule has 4 nitrogen and oxygen atoms in total. The van der Waals surface area contributed by atoms with Crippen molar-refractivity contribution in [2.45, 2.75) is 26.7 Å². The minimum Gasteiger partial charge on any atom is -0.351 e. The smallest absolute Gasteiger partial charge is 0.240 e. The van der Waals surface area contributed by atoms with Crippen LogP contribution in [0.15, 0.2) is 36.9 Å². The van der Waals surface area contributed by atoms with Crippen LogP contribution in [0.1, 0.15) is 32.3 Å². The molecule has 0 aliphatic rings. The van der Waals surface area contributed by atoms with Crippen molar-refractivity contribution < 1.29 is 9.59 Å². The summed E-state index contributed by atoms with van der Waals surface area (Å²) in [6.07, 6.45) is 1.61. The van der Waals surface area contributed by atoms with Crippen molar-refractivity contribution in [1.82, 2.24) is 5.32 Å². The fourth-order valence-corrected chi connectivity index (χ4v) is 1.97. The van der Waals surface area contributed by atoms with E-state index in [-0.39, 0.29) is 24.3 Å². The van der Waals surface area contributed by atoms with Gasteiger partial charge in [0, 0.05) is 19.2 Å². The third-order valence-electron chi connectivity index (χ3n) is 2.97. The van der Waals surface area contributed by atoms with Gasteiger partial charge in [0.25, 0.3) is 0 Å². The zero-order valence-electron chi connectivity index (χ0n) is 12.3. The maximum atomic E-state index is 11.9. The van der Waals surface area contributed by atoms with Crippen LogP contribution >= 0.6 is 0 Å². The summed E-state index contributed by atoms with van der Waals surface area (Å²) in [5.41, 5.74) is 1.85. The van der Waals surface area contributed by atoms with E-state index in [0.29, 0.717) is 6.54 Å². The van der Waals surface area contributed by atoms with Crippen LogP contribution in [-0.2, 0) is 9.59 Å². The number of rotatable bonds is 6. The summed E-state index contributed by atoms with van der Waals surface area (Å²) in [5.74, 6) is -0.0604. The maximum absolute atomic E-state index is 11.9. The monoisotopic (exact) mass is 274 g/mol. The summed E-state index contributed by atoms with van der Waals surface area (Å²) >= 11 is 0. The number of hydrogen-bond acceptors (Lipinski definition) is 2. The molecule has 0 aliphatic heterocycles. The second kappa shape index (κ2) is 7.48. The number of benzene rings is 1. The van der Waals surface area contributed by atoms with Crippen LogP contribution < -0.4 is 10.2 Å². The highest BCUT2D eigenvalue weighted by molar-refractivity contribution is 5.98. The molecule has 1 rings (SSSR count). The van der Waals surface area contributed by atoms with Gasteiger partial charge >= 0.3 is 0 Å². The van der Waals surface area contributed by atoms with Crippen LogP contribution in [0.3, 0.4) is 0 Å². The van der Waals surface area contributed by atoms with Crippen molar-refractivity contribution in [2.75, 3.05) is 18.0 Å². The minimum absolute atomic E-state index is 0.0207. The molecule has 0 spiro atoms. The molecular weight excluding hydrogens is 252 g/mol. The van der Waals surface area contributed by atoms with E-state index in [9.17, 15) is 9.59 Å². The normalized spacial score (nSPS) is 10.2. The maximum Gasteiger partial charge on any atom is 0.240 e. The number of nitrogens with one attached hydrogen (secondary N) is 1. The summed E-state index contributed by atoms with van der Waals surface area (Å²) in [6, 6.07) is 7.67. The van der Waals surface area contributed by atoms with Gasteiger partial charge in [0.05, 0.1) is 0 Å². The number of para-hydroxylation sites is 1. The predicted octanol–water partition coefficient (Wildman–Crippen LogP) is 2.47. The first-order chi connectivity index (χ1) is 9.47. The Morgan fingerprint density at radius 2 is 2.00 bits per heavy atom. The van der Waals surface area contributed by atoms with Crippen LogP contribution in [0.5, 0.6) is 0 Å². The van der Waals surface area contributed by atoms with Gasteiger partial charge in [0.1, 0.15) is 6.54 Å². The topological polar surface area (TPSA) is 49.4 Å². The first-order valence-electron chi connectivity index (χ1n) is 6.72. The van der Waals surface area contributed by atoms with E-state index in [2.05, 4.69) is 25.7 Å². The van der Waals surface area contributed by atoms with E-state index < -0.39 is 0 Å². The summed E-state index contributed by atoms with van der Waals surface area (Å²) < 4.78 is 0. The summed E-state index contributed by atoms with van der Waals surface area (Å²) in [4.78, 5) is 25.2. The first-order valence-corrected chi connectivity index (χ1v) is 6.72. The van der Waals surface area contributed by atoms with Gasteiger partial charge < -0.3 is 10.2 Å². The van der Waals surface area contributed by atoms with E-state index in [0.717, 1.165) is 11.3 Å². The highest BCUT2D eigenvalue weighted by Crippen LogP contribution is 2.27. The van der Waals surface area contributed by atoms with Gasteiger partial charge in [-0.05, 0) is 17.5 Å². The van der Waals surface area contributed by atoms with Crippen molar-refractivity contribution in [3.05, 3.63) is 42.5 Å². The summed E-state index contributed by atoms with van der Waals surface area (Å²) in [5, 5.41) is 2.69. The lowest BCUT2D eigenvalue weighted by atomic mass is 10.0.